The van der Waals surface area contributed by atoms with Crippen LogP contribution in [0.25, 0.3) is 0 Å². The van der Waals surface area contributed by atoms with E-state index in [4.69, 9.17) is 18.9 Å². The number of benzene rings is 2. The van der Waals surface area contributed by atoms with E-state index in [2.05, 4.69) is 0 Å². The smallest absolute Gasteiger partial charge is 0.343 e. The Balaban J connectivity index is 1.93. The van der Waals surface area contributed by atoms with Crippen molar-refractivity contribution in [1.82, 2.24) is 0 Å². The van der Waals surface area contributed by atoms with Crippen molar-refractivity contribution in [3.63, 3.8) is 0 Å². The summed E-state index contributed by atoms with van der Waals surface area (Å²) in [7, 11) is 0. The molecular weight excluding hydrogens is 348 g/mol. The zero-order chi connectivity index (χ0) is 19.5. The van der Waals surface area contributed by atoms with Gasteiger partial charge in [-0.25, -0.2) is 9.59 Å². The minimum absolute atomic E-state index is 0.281. The molecule has 0 atom stereocenters. The van der Waals surface area contributed by atoms with Crippen LogP contribution in [-0.2, 0) is 9.47 Å². The lowest BCUT2D eigenvalue weighted by atomic mass is 10.2. The molecule has 6 heteroatoms. The van der Waals surface area contributed by atoms with Crippen molar-refractivity contribution < 1.29 is 28.5 Å². The van der Waals surface area contributed by atoms with Gasteiger partial charge in [0.05, 0.1) is 24.3 Å². The molecule has 0 N–H and O–H groups in total. The molecule has 0 radical (unpaired) electrons. The lowest BCUT2D eigenvalue weighted by Crippen LogP contribution is -2.10. The largest absolute Gasteiger partial charge is 0.491 e. The van der Waals surface area contributed by atoms with Gasteiger partial charge in [0, 0.05) is 6.61 Å². The standard InChI is InChI=1S/C21H24O6/c1-3-12-26-20(22)17-6-5-7-19(15-17)27-21(23)16-8-10-18(11-9-16)25-14-13-24-4-2/h5-11,15H,3-4,12-14H2,1-2H3. The summed E-state index contributed by atoms with van der Waals surface area (Å²) in [4.78, 5) is 24.2. The lowest BCUT2D eigenvalue weighted by Gasteiger charge is -2.08. The van der Waals surface area contributed by atoms with E-state index in [-0.39, 0.29) is 5.75 Å². The van der Waals surface area contributed by atoms with Crippen LogP contribution in [0.5, 0.6) is 11.5 Å². The Morgan fingerprint density at radius 1 is 0.815 bits per heavy atom. The first-order valence-electron chi connectivity index (χ1n) is 8.94. The highest BCUT2D eigenvalue weighted by atomic mass is 16.5. The van der Waals surface area contributed by atoms with Crippen molar-refractivity contribution in [2.24, 2.45) is 0 Å². The number of rotatable bonds is 10. The Labute approximate surface area is 159 Å². The quantitative estimate of drug-likeness (QED) is 0.358. The van der Waals surface area contributed by atoms with E-state index in [1.165, 1.54) is 6.07 Å². The fraction of sp³-hybridized carbons (Fsp3) is 0.333. The lowest BCUT2D eigenvalue weighted by molar-refractivity contribution is 0.0503. The topological polar surface area (TPSA) is 71.1 Å². The van der Waals surface area contributed by atoms with E-state index in [1.54, 1.807) is 42.5 Å². The first-order valence-corrected chi connectivity index (χ1v) is 8.94. The molecule has 0 aliphatic heterocycles. The fourth-order valence-electron chi connectivity index (χ4n) is 2.18. The summed E-state index contributed by atoms with van der Waals surface area (Å²) in [5.74, 6) is -0.0341. The molecule has 0 saturated heterocycles. The van der Waals surface area contributed by atoms with Crippen LogP contribution in [0.2, 0.25) is 0 Å². The number of esters is 2. The molecule has 0 aliphatic rings. The van der Waals surface area contributed by atoms with Gasteiger partial charge in [0.1, 0.15) is 18.1 Å². The summed E-state index contributed by atoms with van der Waals surface area (Å²) < 4.78 is 21.1. The Kier molecular flexibility index (Phi) is 8.32. The molecule has 0 spiro atoms. The van der Waals surface area contributed by atoms with E-state index in [1.807, 2.05) is 13.8 Å². The maximum Gasteiger partial charge on any atom is 0.343 e. The number of hydrogen-bond acceptors (Lipinski definition) is 6. The molecule has 27 heavy (non-hydrogen) atoms. The van der Waals surface area contributed by atoms with E-state index >= 15 is 0 Å². The van der Waals surface area contributed by atoms with E-state index < -0.39 is 11.9 Å². The van der Waals surface area contributed by atoms with Gasteiger partial charge in [-0.2, -0.15) is 0 Å². The van der Waals surface area contributed by atoms with E-state index in [9.17, 15) is 9.59 Å². The van der Waals surface area contributed by atoms with Crippen LogP contribution in [0.15, 0.2) is 48.5 Å². The van der Waals surface area contributed by atoms with E-state index in [0.29, 0.717) is 43.3 Å². The third-order valence-corrected chi connectivity index (χ3v) is 3.51. The van der Waals surface area contributed by atoms with Gasteiger partial charge >= 0.3 is 11.9 Å². The Morgan fingerprint density at radius 2 is 1.59 bits per heavy atom. The fourth-order valence-corrected chi connectivity index (χ4v) is 2.18. The van der Waals surface area contributed by atoms with Gasteiger partial charge < -0.3 is 18.9 Å². The van der Waals surface area contributed by atoms with Gasteiger partial charge in [-0.3, -0.25) is 0 Å². The number of carbonyl (C=O) groups is 2. The Bertz CT molecular complexity index is 739. The molecule has 0 amide bonds. The van der Waals surface area contributed by atoms with Crippen LogP contribution in [0.3, 0.4) is 0 Å². The molecule has 2 aromatic carbocycles. The molecule has 2 rings (SSSR count). The Morgan fingerprint density at radius 3 is 2.30 bits per heavy atom. The Hall–Kier alpha value is -2.86. The summed E-state index contributed by atoms with van der Waals surface area (Å²) in [6.45, 7) is 5.79. The predicted molar refractivity (Wildman–Crippen MR) is 100 cm³/mol. The second-order valence-corrected chi connectivity index (χ2v) is 5.62. The average molecular weight is 372 g/mol. The van der Waals surface area contributed by atoms with Crippen molar-refractivity contribution in [2.45, 2.75) is 20.3 Å². The third-order valence-electron chi connectivity index (χ3n) is 3.51. The summed E-state index contributed by atoms with van der Waals surface area (Å²) in [6.07, 6.45) is 0.742. The van der Waals surface area contributed by atoms with Gasteiger partial charge in [0.25, 0.3) is 0 Å². The first-order chi connectivity index (χ1) is 13.1. The molecule has 0 fully saturated rings. The summed E-state index contributed by atoms with van der Waals surface area (Å²) in [6, 6.07) is 13.0. The molecule has 144 valence electrons. The molecule has 0 aliphatic carbocycles. The molecule has 0 unspecified atom stereocenters. The number of ether oxygens (including phenoxy) is 4. The molecule has 6 nitrogen and oxygen atoms in total. The third kappa shape index (κ3) is 6.75. The van der Waals surface area contributed by atoms with Crippen LogP contribution >= 0.6 is 0 Å². The summed E-state index contributed by atoms with van der Waals surface area (Å²) in [5.41, 5.74) is 0.720. The first kappa shape index (κ1) is 20.5. The second kappa shape index (κ2) is 11.0. The van der Waals surface area contributed by atoms with Gasteiger partial charge in [-0.05, 0) is 55.8 Å². The van der Waals surface area contributed by atoms with Crippen molar-refractivity contribution in [3.05, 3.63) is 59.7 Å². The van der Waals surface area contributed by atoms with Crippen LogP contribution in [-0.4, -0.2) is 38.4 Å². The molecule has 0 bridgehead atoms. The van der Waals surface area contributed by atoms with Crippen LogP contribution in [0, 0.1) is 0 Å². The second-order valence-electron chi connectivity index (χ2n) is 5.62. The zero-order valence-electron chi connectivity index (χ0n) is 15.6. The van der Waals surface area contributed by atoms with Crippen molar-refractivity contribution in [2.75, 3.05) is 26.4 Å². The maximum atomic E-state index is 12.3. The highest BCUT2D eigenvalue weighted by Crippen LogP contribution is 2.18. The van der Waals surface area contributed by atoms with Gasteiger partial charge in [0.15, 0.2) is 0 Å². The molecular formula is C21H24O6. The molecule has 2 aromatic rings. The maximum absolute atomic E-state index is 12.3. The van der Waals surface area contributed by atoms with Crippen molar-refractivity contribution >= 4 is 11.9 Å². The molecule has 0 heterocycles. The van der Waals surface area contributed by atoms with Crippen LogP contribution < -0.4 is 9.47 Å². The average Bonchev–Trinajstić information content (AvgIpc) is 2.70. The predicted octanol–water partition coefficient (Wildman–Crippen LogP) is 3.89. The van der Waals surface area contributed by atoms with Crippen molar-refractivity contribution in [1.29, 1.82) is 0 Å². The van der Waals surface area contributed by atoms with Gasteiger partial charge in [0.2, 0.25) is 0 Å². The van der Waals surface area contributed by atoms with Gasteiger partial charge in [-0.1, -0.05) is 13.0 Å². The normalized spacial score (nSPS) is 10.3. The van der Waals surface area contributed by atoms with Crippen LogP contribution in [0.1, 0.15) is 41.0 Å². The minimum Gasteiger partial charge on any atom is -0.491 e. The zero-order valence-corrected chi connectivity index (χ0v) is 15.6. The monoisotopic (exact) mass is 372 g/mol. The highest BCUT2D eigenvalue weighted by molar-refractivity contribution is 5.92. The van der Waals surface area contributed by atoms with Crippen molar-refractivity contribution in [3.8, 4) is 11.5 Å². The summed E-state index contributed by atoms with van der Waals surface area (Å²) >= 11 is 0. The number of carbonyl (C=O) groups excluding carboxylic acids is 2. The van der Waals surface area contributed by atoms with Gasteiger partial charge in [-0.15, -0.1) is 0 Å². The van der Waals surface area contributed by atoms with E-state index in [0.717, 1.165) is 6.42 Å². The number of hydrogen-bond donors (Lipinski definition) is 0. The molecule has 0 aromatic heterocycles. The molecule has 0 saturated carbocycles. The SMILES string of the molecule is CCCOC(=O)c1cccc(OC(=O)c2ccc(OCCOCC)cc2)c1. The highest BCUT2D eigenvalue weighted by Gasteiger charge is 2.12. The minimum atomic E-state index is -0.519. The summed E-state index contributed by atoms with van der Waals surface area (Å²) in [5, 5.41) is 0. The van der Waals surface area contributed by atoms with Crippen LogP contribution in [0.4, 0.5) is 0 Å².